The molecular weight excluding hydrogens is 458 g/mol. The summed E-state index contributed by atoms with van der Waals surface area (Å²) < 4.78 is 5.74. The number of carbonyl (C=O) groups is 2. The van der Waals surface area contributed by atoms with E-state index in [0.717, 1.165) is 27.6 Å². The molecule has 7 heteroatoms. The van der Waals surface area contributed by atoms with Crippen LogP contribution in [0.2, 0.25) is 0 Å². The average molecular weight is 490 g/mol. The van der Waals surface area contributed by atoms with Gasteiger partial charge < -0.3 is 15.0 Å². The van der Waals surface area contributed by atoms with E-state index in [1.807, 2.05) is 78.8 Å². The molecule has 2 aromatic rings. The lowest BCUT2D eigenvalue weighted by Crippen LogP contribution is -2.38. The molecule has 0 aliphatic carbocycles. The molecule has 6 nitrogen and oxygen atoms in total. The van der Waals surface area contributed by atoms with Crippen molar-refractivity contribution in [2.24, 2.45) is 10.9 Å². The van der Waals surface area contributed by atoms with Gasteiger partial charge in [-0.3, -0.25) is 4.79 Å². The molecule has 35 heavy (non-hydrogen) atoms. The zero-order valence-electron chi connectivity index (χ0n) is 20.6. The van der Waals surface area contributed by atoms with Gasteiger partial charge in [-0.05, 0) is 36.3 Å². The van der Waals surface area contributed by atoms with Crippen molar-refractivity contribution in [3.05, 3.63) is 93.7 Å². The molecule has 2 aliphatic heterocycles. The van der Waals surface area contributed by atoms with Crippen LogP contribution in [0.25, 0.3) is 0 Å². The second-order valence-corrected chi connectivity index (χ2v) is 10.1. The van der Waals surface area contributed by atoms with Crippen LogP contribution in [0.4, 0.5) is 0 Å². The SMILES string of the molecule is CC1=C(C(=O)OCc2ccccc2)C(c2ccc(C)cc2)N2C(CC(=O)NCC(C)C)=CSC2=N1. The van der Waals surface area contributed by atoms with Gasteiger partial charge in [-0.15, -0.1) is 0 Å². The monoisotopic (exact) mass is 489 g/mol. The quantitative estimate of drug-likeness (QED) is 0.498. The molecule has 2 heterocycles. The third kappa shape index (κ3) is 5.85. The van der Waals surface area contributed by atoms with Gasteiger partial charge in [-0.2, -0.15) is 0 Å². The van der Waals surface area contributed by atoms with E-state index in [9.17, 15) is 9.59 Å². The highest BCUT2D eigenvalue weighted by molar-refractivity contribution is 8.16. The van der Waals surface area contributed by atoms with Gasteiger partial charge in [0.05, 0.1) is 23.7 Å². The van der Waals surface area contributed by atoms with Gasteiger partial charge in [0.25, 0.3) is 0 Å². The molecule has 0 aromatic heterocycles. The van der Waals surface area contributed by atoms with E-state index >= 15 is 0 Å². The largest absolute Gasteiger partial charge is 0.457 e. The van der Waals surface area contributed by atoms with Gasteiger partial charge in [0.2, 0.25) is 5.91 Å². The Kier molecular flexibility index (Phi) is 7.76. The van der Waals surface area contributed by atoms with Crippen LogP contribution in [-0.2, 0) is 20.9 Å². The van der Waals surface area contributed by atoms with Crippen LogP contribution in [0.5, 0.6) is 0 Å². The number of aliphatic imine (C=N–C) groups is 1. The number of ether oxygens (including phenoxy) is 1. The predicted octanol–water partition coefficient (Wildman–Crippen LogP) is 5.48. The molecule has 0 spiro atoms. The number of benzene rings is 2. The number of amides is 1. The Labute approximate surface area is 211 Å². The molecule has 4 rings (SSSR count). The third-order valence-corrected chi connectivity index (χ3v) is 6.76. The summed E-state index contributed by atoms with van der Waals surface area (Å²) in [6.07, 6.45) is 0.215. The number of fused-ring (bicyclic) bond motifs is 1. The molecule has 0 fully saturated rings. The Balaban J connectivity index is 1.64. The van der Waals surface area contributed by atoms with Gasteiger partial charge in [0.1, 0.15) is 6.61 Å². The predicted molar refractivity (Wildman–Crippen MR) is 140 cm³/mol. The van der Waals surface area contributed by atoms with Gasteiger partial charge >= 0.3 is 5.97 Å². The van der Waals surface area contributed by atoms with Crippen LogP contribution < -0.4 is 5.32 Å². The fraction of sp³-hybridized carbons (Fsp3) is 0.321. The second kappa shape index (κ2) is 11.0. The average Bonchev–Trinajstić information content (AvgIpc) is 3.23. The first-order chi connectivity index (χ1) is 16.8. The van der Waals surface area contributed by atoms with Crippen LogP contribution in [0.1, 0.15) is 49.9 Å². The zero-order valence-corrected chi connectivity index (χ0v) is 21.4. The van der Waals surface area contributed by atoms with Crippen LogP contribution in [0.3, 0.4) is 0 Å². The molecule has 0 saturated carbocycles. The Morgan fingerprint density at radius 2 is 1.80 bits per heavy atom. The zero-order chi connectivity index (χ0) is 24.9. The van der Waals surface area contributed by atoms with Crippen LogP contribution in [0.15, 0.2) is 82.0 Å². The fourth-order valence-electron chi connectivity index (χ4n) is 4.04. The topological polar surface area (TPSA) is 71.0 Å². The number of carbonyl (C=O) groups excluding carboxylic acids is 2. The summed E-state index contributed by atoms with van der Waals surface area (Å²) in [4.78, 5) is 32.9. The lowest BCUT2D eigenvalue weighted by Gasteiger charge is -2.36. The Hall–Kier alpha value is -3.32. The van der Waals surface area contributed by atoms with E-state index in [4.69, 9.17) is 9.73 Å². The Morgan fingerprint density at radius 3 is 2.49 bits per heavy atom. The number of thioether (sulfide) groups is 1. The van der Waals surface area contributed by atoms with Crippen molar-refractivity contribution >= 4 is 28.8 Å². The van der Waals surface area contributed by atoms with E-state index < -0.39 is 12.0 Å². The molecule has 2 aliphatic rings. The van der Waals surface area contributed by atoms with Crippen molar-refractivity contribution in [3.63, 3.8) is 0 Å². The maximum Gasteiger partial charge on any atom is 0.338 e. The maximum atomic E-state index is 13.4. The second-order valence-electron chi connectivity index (χ2n) is 9.24. The maximum absolute atomic E-state index is 13.4. The summed E-state index contributed by atoms with van der Waals surface area (Å²) in [5.74, 6) is -0.0796. The number of amidine groups is 1. The number of nitrogens with one attached hydrogen (secondary N) is 1. The third-order valence-electron chi connectivity index (χ3n) is 5.88. The fourth-order valence-corrected chi connectivity index (χ4v) is 5.00. The molecule has 0 bridgehead atoms. The molecule has 1 amide bonds. The molecule has 0 radical (unpaired) electrons. The van der Waals surface area contributed by atoms with E-state index in [0.29, 0.717) is 23.7 Å². The minimum Gasteiger partial charge on any atom is -0.457 e. The molecular formula is C28H31N3O3S. The highest BCUT2D eigenvalue weighted by Gasteiger charge is 2.41. The van der Waals surface area contributed by atoms with Crippen LogP contribution >= 0.6 is 11.8 Å². The molecule has 0 saturated heterocycles. The lowest BCUT2D eigenvalue weighted by atomic mass is 9.93. The van der Waals surface area contributed by atoms with Crippen molar-refractivity contribution in [2.45, 2.75) is 46.8 Å². The minimum atomic E-state index is -0.425. The van der Waals surface area contributed by atoms with Crippen molar-refractivity contribution in [3.8, 4) is 0 Å². The van der Waals surface area contributed by atoms with Crippen LogP contribution in [0, 0.1) is 12.8 Å². The minimum absolute atomic E-state index is 0.0473. The number of nitrogens with zero attached hydrogens (tertiary/aromatic N) is 2. The number of rotatable bonds is 8. The number of esters is 1. The normalized spacial score (nSPS) is 17.2. The molecule has 1 atom stereocenters. The Morgan fingerprint density at radius 1 is 1.09 bits per heavy atom. The highest BCUT2D eigenvalue weighted by Crippen LogP contribution is 2.44. The van der Waals surface area contributed by atoms with E-state index in [1.54, 1.807) is 0 Å². The van der Waals surface area contributed by atoms with Gasteiger partial charge in [0.15, 0.2) is 5.17 Å². The lowest BCUT2D eigenvalue weighted by molar-refractivity contribution is -0.141. The molecule has 1 N–H and O–H groups in total. The molecule has 2 aromatic carbocycles. The van der Waals surface area contributed by atoms with Gasteiger partial charge in [-0.1, -0.05) is 85.8 Å². The summed E-state index contributed by atoms with van der Waals surface area (Å²) >= 11 is 1.48. The summed E-state index contributed by atoms with van der Waals surface area (Å²) in [5, 5.41) is 5.71. The van der Waals surface area contributed by atoms with Gasteiger partial charge in [0, 0.05) is 12.2 Å². The highest BCUT2D eigenvalue weighted by atomic mass is 32.2. The smallest absolute Gasteiger partial charge is 0.338 e. The molecule has 1 unspecified atom stereocenters. The van der Waals surface area contributed by atoms with Crippen molar-refractivity contribution in [2.75, 3.05) is 6.54 Å². The first-order valence-electron chi connectivity index (χ1n) is 11.8. The summed E-state index contributed by atoms with van der Waals surface area (Å²) in [6, 6.07) is 17.3. The summed E-state index contributed by atoms with van der Waals surface area (Å²) in [6.45, 7) is 8.81. The van der Waals surface area contributed by atoms with Crippen molar-refractivity contribution in [1.29, 1.82) is 0 Å². The van der Waals surface area contributed by atoms with Crippen molar-refractivity contribution in [1.82, 2.24) is 10.2 Å². The Bertz CT molecular complexity index is 1180. The standard InChI is InChI=1S/C28H31N3O3S/c1-18(2)15-29-24(32)14-23-17-35-28-30-20(4)25(27(33)34-16-21-8-6-5-7-9-21)26(31(23)28)22-12-10-19(3)11-13-22/h5-13,17-18,26H,14-16H2,1-4H3,(H,29,32). The number of aryl methyl sites for hydroxylation is 1. The summed E-state index contributed by atoms with van der Waals surface area (Å²) in [7, 11) is 0. The van der Waals surface area contributed by atoms with E-state index in [2.05, 4.69) is 19.2 Å². The van der Waals surface area contributed by atoms with Crippen molar-refractivity contribution < 1.29 is 14.3 Å². The first kappa shape index (κ1) is 24.8. The van der Waals surface area contributed by atoms with Gasteiger partial charge in [-0.25, -0.2) is 9.79 Å². The van der Waals surface area contributed by atoms with Crippen LogP contribution in [-0.4, -0.2) is 28.5 Å². The molecule has 182 valence electrons. The number of allylic oxidation sites excluding steroid dienone is 1. The van der Waals surface area contributed by atoms with E-state index in [1.165, 1.54) is 11.8 Å². The number of hydrogen-bond acceptors (Lipinski definition) is 6. The first-order valence-corrected chi connectivity index (χ1v) is 12.7. The van der Waals surface area contributed by atoms with E-state index in [-0.39, 0.29) is 18.9 Å². The number of hydrogen-bond donors (Lipinski definition) is 1. The summed E-state index contributed by atoms with van der Waals surface area (Å²) in [5.41, 5.74) is 4.94.